The Morgan fingerprint density at radius 3 is 2.57 bits per heavy atom. The molecule has 0 saturated carbocycles. The largest absolute Gasteiger partial charge is 0.497 e. The number of aromatic nitrogens is 1. The third-order valence-electron chi connectivity index (χ3n) is 6.21. The van der Waals surface area contributed by atoms with Crippen LogP contribution in [-0.2, 0) is 9.53 Å². The minimum atomic E-state index is -0.815. The molecule has 0 amide bonds. The summed E-state index contributed by atoms with van der Waals surface area (Å²) in [6.45, 7) is 9.40. The molecule has 1 aliphatic rings. The Labute approximate surface area is 218 Å². The fourth-order valence-corrected chi connectivity index (χ4v) is 5.42. The predicted molar refractivity (Wildman–Crippen MR) is 142 cm³/mol. The quantitative estimate of drug-likeness (QED) is 0.396. The maximum Gasteiger partial charge on any atom is 0.338 e. The van der Waals surface area contributed by atoms with Gasteiger partial charge in [-0.25, -0.2) is 9.79 Å². The summed E-state index contributed by atoms with van der Waals surface area (Å²) in [4.78, 5) is 34.1. The molecule has 4 rings (SSSR count). The minimum absolute atomic E-state index is 0.190. The highest BCUT2D eigenvalue weighted by atomic mass is 32.1. The van der Waals surface area contributed by atoms with Crippen LogP contribution in [0.15, 0.2) is 55.8 Å². The first kappa shape index (κ1) is 26.3. The van der Waals surface area contributed by atoms with E-state index in [4.69, 9.17) is 18.6 Å². The molecule has 1 aromatic carbocycles. The number of anilines is 1. The Kier molecular flexibility index (Phi) is 7.87. The van der Waals surface area contributed by atoms with E-state index in [-0.39, 0.29) is 17.7 Å². The van der Waals surface area contributed by atoms with E-state index >= 15 is 0 Å². The van der Waals surface area contributed by atoms with E-state index in [1.165, 1.54) is 15.9 Å². The molecule has 10 heteroatoms. The first-order valence-electron chi connectivity index (χ1n) is 12.1. The zero-order valence-corrected chi connectivity index (χ0v) is 22.7. The van der Waals surface area contributed by atoms with Gasteiger partial charge < -0.3 is 23.5 Å². The molecule has 196 valence electrons. The molecule has 3 heterocycles. The average Bonchev–Trinajstić information content (AvgIpc) is 3.48. The van der Waals surface area contributed by atoms with E-state index in [0.717, 1.165) is 19.0 Å². The Morgan fingerprint density at radius 1 is 1.16 bits per heavy atom. The standard InChI is InChI=1S/C27H31N3O6S/c1-7-29(8-2)22-13-11-18(36-22)15-21-25(31)30-24(19-14-17(33-5)10-12-20(19)34-6)23(26(32)35-9-3)16(4)28-27(30)37-21/h10-15,24H,7-9H2,1-6H3/t24-/m1/s1. The van der Waals surface area contributed by atoms with E-state index in [9.17, 15) is 9.59 Å². The van der Waals surface area contributed by atoms with Crippen molar-refractivity contribution in [3.05, 3.63) is 72.6 Å². The molecule has 0 spiro atoms. The van der Waals surface area contributed by atoms with Crippen LogP contribution in [0.2, 0.25) is 0 Å². The van der Waals surface area contributed by atoms with Gasteiger partial charge in [0.05, 0.1) is 36.6 Å². The lowest BCUT2D eigenvalue weighted by Gasteiger charge is -2.26. The van der Waals surface area contributed by atoms with Crippen LogP contribution in [0.25, 0.3) is 6.08 Å². The third-order valence-corrected chi connectivity index (χ3v) is 7.19. The number of rotatable bonds is 9. The van der Waals surface area contributed by atoms with Crippen LogP contribution < -0.4 is 29.3 Å². The van der Waals surface area contributed by atoms with Gasteiger partial charge >= 0.3 is 5.97 Å². The van der Waals surface area contributed by atoms with Crippen molar-refractivity contribution < 1.29 is 23.4 Å². The second-order valence-electron chi connectivity index (χ2n) is 8.26. The lowest BCUT2D eigenvalue weighted by atomic mass is 9.95. The van der Waals surface area contributed by atoms with Gasteiger partial charge in [-0.15, -0.1) is 0 Å². The molecular formula is C27H31N3O6S. The van der Waals surface area contributed by atoms with Crippen molar-refractivity contribution in [3.63, 3.8) is 0 Å². The van der Waals surface area contributed by atoms with Crippen LogP contribution in [0.1, 0.15) is 45.1 Å². The van der Waals surface area contributed by atoms with Crippen molar-refractivity contribution in [1.82, 2.24) is 4.57 Å². The summed E-state index contributed by atoms with van der Waals surface area (Å²) in [7, 11) is 3.10. The number of esters is 1. The first-order chi connectivity index (χ1) is 17.9. The van der Waals surface area contributed by atoms with Gasteiger partial charge in [0.15, 0.2) is 10.7 Å². The molecule has 37 heavy (non-hydrogen) atoms. The number of carbonyl (C=O) groups excluding carboxylic acids is 1. The van der Waals surface area contributed by atoms with E-state index in [0.29, 0.717) is 37.9 Å². The zero-order valence-electron chi connectivity index (χ0n) is 21.9. The van der Waals surface area contributed by atoms with Gasteiger partial charge in [0.1, 0.15) is 23.3 Å². The number of carbonyl (C=O) groups is 1. The molecule has 0 aliphatic carbocycles. The Balaban J connectivity index is 1.94. The molecular weight excluding hydrogens is 494 g/mol. The lowest BCUT2D eigenvalue weighted by Crippen LogP contribution is -2.40. The van der Waals surface area contributed by atoms with Crippen molar-refractivity contribution in [1.29, 1.82) is 0 Å². The molecule has 1 aliphatic heterocycles. The zero-order chi connectivity index (χ0) is 26.7. The summed E-state index contributed by atoms with van der Waals surface area (Å²) >= 11 is 1.23. The van der Waals surface area contributed by atoms with Crippen molar-refractivity contribution >= 4 is 29.3 Å². The van der Waals surface area contributed by atoms with Crippen molar-refractivity contribution in [3.8, 4) is 11.5 Å². The number of allylic oxidation sites excluding steroid dienone is 1. The van der Waals surface area contributed by atoms with Crippen molar-refractivity contribution in [2.24, 2.45) is 4.99 Å². The van der Waals surface area contributed by atoms with Gasteiger partial charge in [-0.2, -0.15) is 0 Å². The van der Waals surface area contributed by atoms with Gasteiger partial charge in [0.2, 0.25) is 0 Å². The summed E-state index contributed by atoms with van der Waals surface area (Å²) in [6, 6.07) is 8.19. The SMILES string of the molecule is CCOC(=O)C1=C(C)N=c2sc(=Cc3ccc(N(CC)CC)o3)c(=O)n2[C@@H]1c1cc(OC)ccc1OC. The Morgan fingerprint density at radius 2 is 1.92 bits per heavy atom. The molecule has 0 radical (unpaired) electrons. The van der Waals surface area contributed by atoms with E-state index in [1.807, 2.05) is 12.1 Å². The van der Waals surface area contributed by atoms with Crippen LogP contribution >= 0.6 is 11.3 Å². The maximum atomic E-state index is 13.8. The summed E-state index contributed by atoms with van der Waals surface area (Å²) in [5.74, 6) is 1.83. The highest BCUT2D eigenvalue weighted by Gasteiger charge is 2.35. The summed E-state index contributed by atoms with van der Waals surface area (Å²) in [5.41, 5.74) is 1.04. The van der Waals surface area contributed by atoms with E-state index < -0.39 is 12.0 Å². The van der Waals surface area contributed by atoms with Crippen LogP contribution in [0.5, 0.6) is 11.5 Å². The highest BCUT2D eigenvalue weighted by Crippen LogP contribution is 2.37. The molecule has 9 nitrogen and oxygen atoms in total. The Bertz CT molecular complexity index is 1510. The molecule has 0 bridgehead atoms. The third kappa shape index (κ3) is 4.93. The predicted octanol–water partition coefficient (Wildman–Crippen LogP) is 3.25. The normalized spacial score (nSPS) is 15.3. The number of furan rings is 1. The van der Waals surface area contributed by atoms with Crippen LogP contribution in [0, 0.1) is 0 Å². The summed E-state index contributed by atoms with van der Waals surface area (Å²) in [5, 5.41) is 0. The first-order valence-corrected chi connectivity index (χ1v) is 12.9. The minimum Gasteiger partial charge on any atom is -0.497 e. The molecule has 0 fully saturated rings. The van der Waals surface area contributed by atoms with Gasteiger partial charge in [-0.1, -0.05) is 11.3 Å². The van der Waals surface area contributed by atoms with Crippen LogP contribution in [0.3, 0.4) is 0 Å². The van der Waals surface area contributed by atoms with E-state index in [1.54, 1.807) is 52.3 Å². The number of fused-ring (bicyclic) bond motifs is 1. The smallest absolute Gasteiger partial charge is 0.338 e. The van der Waals surface area contributed by atoms with Gasteiger partial charge in [-0.3, -0.25) is 9.36 Å². The number of ether oxygens (including phenoxy) is 3. The second kappa shape index (κ2) is 11.1. The summed E-state index contributed by atoms with van der Waals surface area (Å²) in [6.07, 6.45) is 1.71. The highest BCUT2D eigenvalue weighted by molar-refractivity contribution is 7.07. The average molecular weight is 526 g/mol. The number of hydrogen-bond donors (Lipinski definition) is 0. The maximum absolute atomic E-state index is 13.8. The molecule has 2 aromatic heterocycles. The second-order valence-corrected chi connectivity index (χ2v) is 9.27. The Hall–Kier alpha value is -3.79. The lowest BCUT2D eigenvalue weighted by molar-refractivity contribution is -0.139. The van der Waals surface area contributed by atoms with Crippen LogP contribution in [0.4, 0.5) is 5.88 Å². The molecule has 3 aromatic rings. The molecule has 0 N–H and O–H groups in total. The van der Waals surface area contributed by atoms with Crippen molar-refractivity contribution in [2.75, 3.05) is 38.8 Å². The number of thiazole rings is 1. The number of hydrogen-bond acceptors (Lipinski definition) is 9. The van der Waals surface area contributed by atoms with Gasteiger partial charge in [-0.05, 0) is 52.0 Å². The van der Waals surface area contributed by atoms with Gasteiger partial charge in [0, 0.05) is 30.8 Å². The number of methoxy groups -OCH3 is 2. The fourth-order valence-electron chi connectivity index (χ4n) is 4.39. The molecule has 0 saturated heterocycles. The molecule has 0 unspecified atom stereocenters. The molecule has 1 atom stereocenters. The number of nitrogens with zero attached hydrogens (tertiary/aromatic N) is 3. The summed E-state index contributed by atoms with van der Waals surface area (Å²) < 4.78 is 24.4. The van der Waals surface area contributed by atoms with Crippen LogP contribution in [-0.4, -0.2) is 44.5 Å². The van der Waals surface area contributed by atoms with Gasteiger partial charge in [0.25, 0.3) is 5.56 Å². The van der Waals surface area contributed by atoms with Crippen molar-refractivity contribution in [2.45, 2.75) is 33.7 Å². The topological polar surface area (TPSA) is 95.5 Å². The number of benzene rings is 1. The monoisotopic (exact) mass is 525 g/mol. The fraction of sp³-hybridized carbons (Fsp3) is 0.370. The van der Waals surface area contributed by atoms with E-state index in [2.05, 4.69) is 23.7 Å².